The number of amides is 1. The van der Waals surface area contributed by atoms with E-state index in [1.165, 1.54) is 0 Å². The predicted molar refractivity (Wildman–Crippen MR) is 90.6 cm³/mol. The Bertz CT molecular complexity index is 559. The molecular formula is C18H26N2O3. The van der Waals surface area contributed by atoms with E-state index in [4.69, 9.17) is 4.84 Å². The molecule has 1 heterocycles. The van der Waals surface area contributed by atoms with Crippen LogP contribution in [0.5, 0.6) is 0 Å². The molecule has 0 fully saturated rings. The average Bonchev–Trinajstić information content (AvgIpc) is 2.98. The molecule has 1 aliphatic rings. The smallest absolute Gasteiger partial charge is 0.251 e. The monoisotopic (exact) mass is 318 g/mol. The fraction of sp³-hybridized carbons (Fsp3) is 0.556. The van der Waals surface area contributed by atoms with E-state index in [9.17, 15) is 9.90 Å². The molecule has 126 valence electrons. The van der Waals surface area contributed by atoms with Crippen molar-refractivity contribution in [1.29, 1.82) is 0 Å². The molecule has 1 aliphatic heterocycles. The summed E-state index contributed by atoms with van der Waals surface area (Å²) in [4.78, 5) is 17.4. The van der Waals surface area contributed by atoms with Gasteiger partial charge in [0.1, 0.15) is 6.10 Å². The van der Waals surface area contributed by atoms with Crippen LogP contribution in [0.2, 0.25) is 0 Å². The third-order valence-corrected chi connectivity index (χ3v) is 3.93. The highest BCUT2D eigenvalue weighted by Crippen LogP contribution is 2.14. The lowest BCUT2D eigenvalue weighted by Crippen LogP contribution is -2.32. The number of hydrogen-bond donors (Lipinski definition) is 2. The molecule has 5 heteroatoms. The molecular weight excluding hydrogens is 292 g/mol. The van der Waals surface area contributed by atoms with Crippen molar-refractivity contribution >= 4 is 11.6 Å². The van der Waals surface area contributed by atoms with E-state index in [1.807, 2.05) is 31.2 Å². The molecule has 0 spiro atoms. The molecule has 1 amide bonds. The first-order chi connectivity index (χ1) is 10.9. The van der Waals surface area contributed by atoms with E-state index >= 15 is 0 Å². The van der Waals surface area contributed by atoms with E-state index in [-0.39, 0.29) is 12.0 Å². The van der Waals surface area contributed by atoms with Gasteiger partial charge in [-0.2, -0.15) is 0 Å². The van der Waals surface area contributed by atoms with Gasteiger partial charge in [0.25, 0.3) is 5.91 Å². The standard InChI is InChI=1S/C18H26N2O3/c1-4-15-11-16(23-20-15)12-19-17(21)14-7-5-13(6-8-14)9-10-18(2,3)22/h5-8,16,22H,4,9-12H2,1-3H3,(H,19,21)/t16-/m0/s1. The highest BCUT2D eigenvalue weighted by molar-refractivity contribution is 5.94. The Morgan fingerprint density at radius 3 is 2.65 bits per heavy atom. The molecule has 2 N–H and O–H groups in total. The van der Waals surface area contributed by atoms with Crippen LogP contribution in [-0.4, -0.2) is 35.0 Å². The largest absolute Gasteiger partial charge is 0.390 e. The normalized spacial score (nSPS) is 17.6. The van der Waals surface area contributed by atoms with Gasteiger partial charge >= 0.3 is 0 Å². The number of carbonyl (C=O) groups is 1. The Balaban J connectivity index is 1.79. The number of nitrogens with one attached hydrogen (secondary N) is 1. The summed E-state index contributed by atoms with van der Waals surface area (Å²) in [7, 11) is 0. The predicted octanol–water partition coefficient (Wildman–Crippen LogP) is 2.67. The second-order valence-corrected chi connectivity index (χ2v) is 6.66. The summed E-state index contributed by atoms with van der Waals surface area (Å²) in [5.74, 6) is -0.104. The third kappa shape index (κ3) is 5.67. The number of oxime groups is 1. The van der Waals surface area contributed by atoms with E-state index in [1.54, 1.807) is 13.8 Å². The van der Waals surface area contributed by atoms with Crippen molar-refractivity contribution in [3.8, 4) is 0 Å². The molecule has 1 atom stereocenters. The SMILES string of the molecule is CCC1=NO[C@H](CNC(=O)c2ccc(CCC(C)(C)O)cc2)C1. The summed E-state index contributed by atoms with van der Waals surface area (Å²) in [6, 6.07) is 7.51. The summed E-state index contributed by atoms with van der Waals surface area (Å²) in [5.41, 5.74) is 2.12. The van der Waals surface area contributed by atoms with Crippen LogP contribution in [0.1, 0.15) is 56.0 Å². The van der Waals surface area contributed by atoms with E-state index in [2.05, 4.69) is 10.5 Å². The topological polar surface area (TPSA) is 70.9 Å². The summed E-state index contributed by atoms with van der Waals surface area (Å²) < 4.78 is 0. The van der Waals surface area contributed by atoms with Gasteiger partial charge in [-0.3, -0.25) is 4.79 Å². The minimum absolute atomic E-state index is 0.0556. The molecule has 23 heavy (non-hydrogen) atoms. The first-order valence-electron chi connectivity index (χ1n) is 8.18. The van der Waals surface area contributed by atoms with Gasteiger partial charge in [-0.1, -0.05) is 24.2 Å². The molecule has 0 aliphatic carbocycles. The molecule has 0 saturated carbocycles. The van der Waals surface area contributed by atoms with Crippen molar-refractivity contribution in [3.63, 3.8) is 0 Å². The minimum Gasteiger partial charge on any atom is -0.390 e. The summed E-state index contributed by atoms with van der Waals surface area (Å²) in [6.07, 6.45) is 3.10. The van der Waals surface area contributed by atoms with Gasteiger partial charge in [0.05, 0.1) is 17.9 Å². The Morgan fingerprint density at radius 1 is 1.39 bits per heavy atom. The zero-order valence-corrected chi connectivity index (χ0v) is 14.1. The Hall–Kier alpha value is -1.88. The maximum Gasteiger partial charge on any atom is 0.251 e. The molecule has 0 radical (unpaired) electrons. The lowest BCUT2D eigenvalue weighted by molar-refractivity contribution is 0.0713. The van der Waals surface area contributed by atoms with Gasteiger partial charge < -0.3 is 15.3 Å². The van der Waals surface area contributed by atoms with Crippen molar-refractivity contribution in [3.05, 3.63) is 35.4 Å². The lowest BCUT2D eigenvalue weighted by atomic mass is 9.98. The second-order valence-electron chi connectivity index (χ2n) is 6.66. The van der Waals surface area contributed by atoms with Crippen LogP contribution >= 0.6 is 0 Å². The number of nitrogens with zero attached hydrogens (tertiary/aromatic N) is 1. The van der Waals surface area contributed by atoms with E-state index < -0.39 is 5.60 Å². The second kappa shape index (κ2) is 7.59. The van der Waals surface area contributed by atoms with Crippen molar-refractivity contribution in [2.45, 2.75) is 58.2 Å². The van der Waals surface area contributed by atoms with E-state index in [0.717, 1.165) is 30.5 Å². The van der Waals surface area contributed by atoms with Crippen LogP contribution < -0.4 is 5.32 Å². The van der Waals surface area contributed by atoms with Crippen molar-refractivity contribution in [1.82, 2.24) is 5.32 Å². The number of aryl methyl sites for hydroxylation is 1. The first kappa shape index (κ1) is 17.5. The van der Waals surface area contributed by atoms with E-state index in [0.29, 0.717) is 18.5 Å². The lowest BCUT2D eigenvalue weighted by Gasteiger charge is -2.16. The number of benzene rings is 1. The van der Waals surface area contributed by atoms with Crippen LogP contribution in [0.25, 0.3) is 0 Å². The molecule has 5 nitrogen and oxygen atoms in total. The third-order valence-electron chi connectivity index (χ3n) is 3.93. The Kier molecular flexibility index (Phi) is 5.77. The van der Waals surface area contributed by atoms with Gasteiger partial charge in [0, 0.05) is 12.0 Å². The number of rotatable bonds is 7. The summed E-state index contributed by atoms with van der Waals surface area (Å²) >= 11 is 0. The van der Waals surface area contributed by atoms with Crippen LogP contribution in [0, 0.1) is 0 Å². The van der Waals surface area contributed by atoms with Crippen LogP contribution in [-0.2, 0) is 11.3 Å². The quantitative estimate of drug-likeness (QED) is 0.812. The molecule has 0 aromatic heterocycles. The molecule has 0 unspecified atom stereocenters. The molecule has 1 aromatic carbocycles. The minimum atomic E-state index is -0.670. The molecule has 0 saturated heterocycles. The Morgan fingerprint density at radius 2 is 2.09 bits per heavy atom. The average molecular weight is 318 g/mol. The number of carbonyl (C=O) groups excluding carboxylic acids is 1. The highest BCUT2D eigenvalue weighted by Gasteiger charge is 2.20. The van der Waals surface area contributed by atoms with Crippen molar-refractivity contribution in [2.75, 3.05) is 6.54 Å². The van der Waals surface area contributed by atoms with Gasteiger partial charge in [0.2, 0.25) is 0 Å². The van der Waals surface area contributed by atoms with Gasteiger partial charge in [-0.25, -0.2) is 0 Å². The van der Waals surface area contributed by atoms with Gasteiger partial charge in [0.15, 0.2) is 0 Å². The van der Waals surface area contributed by atoms with Crippen molar-refractivity contribution in [2.24, 2.45) is 5.16 Å². The van der Waals surface area contributed by atoms with Crippen LogP contribution in [0.4, 0.5) is 0 Å². The zero-order chi connectivity index (χ0) is 16.9. The summed E-state index contributed by atoms with van der Waals surface area (Å²) in [5, 5.41) is 16.6. The number of hydrogen-bond acceptors (Lipinski definition) is 4. The first-order valence-corrected chi connectivity index (χ1v) is 8.18. The summed E-state index contributed by atoms with van der Waals surface area (Å²) in [6.45, 7) is 6.11. The highest BCUT2D eigenvalue weighted by atomic mass is 16.6. The maximum absolute atomic E-state index is 12.1. The number of aliphatic hydroxyl groups is 1. The van der Waals surface area contributed by atoms with Gasteiger partial charge in [-0.05, 0) is 50.8 Å². The fourth-order valence-electron chi connectivity index (χ4n) is 2.39. The maximum atomic E-state index is 12.1. The Labute approximate surface area is 137 Å². The molecule has 2 rings (SSSR count). The molecule has 1 aromatic rings. The fourth-order valence-corrected chi connectivity index (χ4v) is 2.39. The van der Waals surface area contributed by atoms with Crippen molar-refractivity contribution < 1.29 is 14.7 Å². The zero-order valence-electron chi connectivity index (χ0n) is 14.1. The van der Waals surface area contributed by atoms with Gasteiger partial charge in [-0.15, -0.1) is 0 Å². The van der Waals surface area contributed by atoms with Crippen LogP contribution in [0.15, 0.2) is 29.4 Å². The van der Waals surface area contributed by atoms with Crippen LogP contribution in [0.3, 0.4) is 0 Å². The molecule has 0 bridgehead atoms.